The Labute approximate surface area is 246 Å². The van der Waals surface area contributed by atoms with Gasteiger partial charge in [-0.25, -0.2) is 9.18 Å². The van der Waals surface area contributed by atoms with E-state index in [1.54, 1.807) is 30.2 Å². The van der Waals surface area contributed by atoms with Gasteiger partial charge in [0.2, 0.25) is 5.91 Å². The summed E-state index contributed by atoms with van der Waals surface area (Å²) in [6, 6.07) is 17.7. The number of carbonyl (C=O) groups is 2. The van der Waals surface area contributed by atoms with Gasteiger partial charge in [0.25, 0.3) is 0 Å². The summed E-state index contributed by atoms with van der Waals surface area (Å²) in [4.78, 5) is 29.9. The predicted octanol–water partition coefficient (Wildman–Crippen LogP) is 4.76. The smallest absolute Gasteiger partial charge is 0.323 e. The lowest BCUT2D eigenvalue weighted by atomic mass is 10.0. The minimum atomic E-state index is -0.501. The topological polar surface area (TPSA) is 103 Å². The maximum absolute atomic E-state index is 13.5. The molecule has 0 saturated carbocycles. The summed E-state index contributed by atoms with van der Waals surface area (Å²) < 4.78 is 25.1. The number of nitrogens with one attached hydrogen (secondary N) is 2. The molecule has 0 spiro atoms. The molecule has 0 unspecified atom stereocenters. The van der Waals surface area contributed by atoms with Gasteiger partial charge in [-0.15, -0.1) is 0 Å². The first kappa shape index (κ1) is 30.8. The maximum Gasteiger partial charge on any atom is 0.323 e. The zero-order chi connectivity index (χ0) is 30.2. The number of hydrogen-bond donors (Lipinski definition) is 3. The lowest BCUT2D eigenvalue weighted by Crippen LogP contribution is -2.47. The molecule has 3 amide bonds. The van der Waals surface area contributed by atoms with E-state index in [4.69, 9.17) is 9.47 Å². The molecule has 0 aliphatic carbocycles. The van der Waals surface area contributed by atoms with Crippen molar-refractivity contribution < 1.29 is 28.6 Å². The number of ether oxygens (including phenoxy) is 2. The number of amides is 3. The molecule has 1 aliphatic heterocycles. The van der Waals surface area contributed by atoms with Crippen LogP contribution in [0, 0.1) is 11.7 Å². The van der Waals surface area contributed by atoms with Crippen LogP contribution in [0.3, 0.4) is 0 Å². The van der Waals surface area contributed by atoms with Crippen molar-refractivity contribution in [1.82, 2.24) is 9.80 Å². The van der Waals surface area contributed by atoms with Crippen LogP contribution >= 0.6 is 0 Å². The molecular weight excluding hydrogens is 539 g/mol. The highest BCUT2D eigenvalue weighted by atomic mass is 19.1. The number of fused-ring (bicyclic) bond motifs is 1. The largest absolute Gasteiger partial charge is 0.497 e. The molecule has 1 heterocycles. The Morgan fingerprint density at radius 2 is 1.79 bits per heavy atom. The van der Waals surface area contributed by atoms with Crippen molar-refractivity contribution in [1.29, 1.82) is 0 Å². The highest BCUT2D eigenvalue weighted by Crippen LogP contribution is 2.29. The molecule has 0 bridgehead atoms. The molecule has 10 heteroatoms. The summed E-state index contributed by atoms with van der Waals surface area (Å²) in [6.45, 7) is 5.46. The number of nitrogens with zero attached hydrogens (tertiary/aromatic N) is 2. The molecule has 224 valence electrons. The van der Waals surface area contributed by atoms with Crippen LogP contribution in [-0.2, 0) is 17.8 Å². The van der Waals surface area contributed by atoms with Gasteiger partial charge >= 0.3 is 6.03 Å². The third-order valence-electron chi connectivity index (χ3n) is 7.38. The fourth-order valence-corrected chi connectivity index (χ4v) is 4.97. The second-order valence-corrected chi connectivity index (χ2v) is 10.8. The van der Waals surface area contributed by atoms with Crippen LogP contribution < -0.4 is 20.1 Å². The molecule has 0 radical (unpaired) electrons. The zero-order valence-corrected chi connectivity index (χ0v) is 24.5. The van der Waals surface area contributed by atoms with Crippen molar-refractivity contribution in [2.24, 2.45) is 5.92 Å². The summed E-state index contributed by atoms with van der Waals surface area (Å²) in [7, 11) is 3.67. The maximum atomic E-state index is 13.5. The van der Waals surface area contributed by atoms with Gasteiger partial charge in [0, 0.05) is 42.5 Å². The highest BCUT2D eigenvalue weighted by Gasteiger charge is 2.31. The van der Waals surface area contributed by atoms with E-state index in [9.17, 15) is 19.1 Å². The Bertz CT molecular complexity index is 1350. The van der Waals surface area contributed by atoms with Gasteiger partial charge in [0.15, 0.2) is 0 Å². The molecule has 3 atom stereocenters. The summed E-state index contributed by atoms with van der Waals surface area (Å²) in [5.41, 5.74) is 2.69. The SMILES string of the molecule is COc1ccc(CN(C)C[C@H]2Oc3ccc(NC(=O)Nc4ccc(F)cc4)cc3CC(=O)N([C@H](C)CO)C[C@H]2C)cc1. The summed E-state index contributed by atoms with van der Waals surface area (Å²) in [5.74, 6) is 0.809. The van der Waals surface area contributed by atoms with Crippen LogP contribution in [0.1, 0.15) is 25.0 Å². The van der Waals surface area contributed by atoms with Crippen molar-refractivity contribution in [2.75, 3.05) is 44.5 Å². The van der Waals surface area contributed by atoms with Gasteiger partial charge in [-0.1, -0.05) is 19.1 Å². The zero-order valence-electron chi connectivity index (χ0n) is 24.5. The van der Waals surface area contributed by atoms with Crippen molar-refractivity contribution in [3.63, 3.8) is 0 Å². The first-order valence-corrected chi connectivity index (χ1v) is 14.0. The van der Waals surface area contributed by atoms with Gasteiger partial charge in [-0.2, -0.15) is 0 Å². The van der Waals surface area contributed by atoms with E-state index < -0.39 is 11.8 Å². The van der Waals surface area contributed by atoms with Crippen LogP contribution in [0.4, 0.5) is 20.6 Å². The normalized spacial score (nSPS) is 17.8. The second-order valence-electron chi connectivity index (χ2n) is 10.8. The van der Waals surface area contributed by atoms with Crippen LogP contribution in [0.2, 0.25) is 0 Å². The number of halogens is 1. The second kappa shape index (κ2) is 14.2. The number of aliphatic hydroxyl groups excluding tert-OH is 1. The molecule has 0 aromatic heterocycles. The van der Waals surface area contributed by atoms with E-state index in [2.05, 4.69) is 22.5 Å². The Morgan fingerprint density at radius 1 is 1.12 bits per heavy atom. The molecule has 3 N–H and O–H groups in total. The standard InChI is InChI=1S/C32H39FN4O5/c1-21-17-37(22(2)20-38)31(39)16-24-15-27(35-32(40)34-26-9-7-25(33)8-10-26)11-14-29(24)42-30(21)19-36(3)18-23-5-12-28(41-4)13-6-23/h5-15,21-22,30,38H,16-20H2,1-4H3,(H2,34,35,40)/t21-,22-,30-/m1/s1. The Kier molecular flexibility index (Phi) is 10.4. The molecule has 0 fully saturated rings. The lowest BCUT2D eigenvalue weighted by Gasteiger charge is -2.34. The van der Waals surface area contributed by atoms with E-state index in [1.165, 1.54) is 24.3 Å². The molecule has 1 aliphatic rings. The van der Waals surface area contributed by atoms with Crippen LogP contribution in [0.15, 0.2) is 66.7 Å². The molecule has 3 aromatic rings. The third-order valence-corrected chi connectivity index (χ3v) is 7.38. The quantitative estimate of drug-likeness (QED) is 0.338. The molecule has 9 nitrogen and oxygen atoms in total. The van der Waals surface area contributed by atoms with Crippen molar-refractivity contribution in [3.05, 3.63) is 83.7 Å². The fourth-order valence-electron chi connectivity index (χ4n) is 4.97. The summed E-state index contributed by atoms with van der Waals surface area (Å²) >= 11 is 0. The van der Waals surface area contributed by atoms with Gasteiger partial charge in [-0.3, -0.25) is 9.69 Å². The third kappa shape index (κ3) is 8.20. The average Bonchev–Trinajstić information content (AvgIpc) is 3.01. The van der Waals surface area contributed by atoms with Crippen molar-refractivity contribution >= 4 is 23.3 Å². The van der Waals surface area contributed by atoms with Gasteiger partial charge in [0.1, 0.15) is 23.4 Å². The number of rotatable bonds is 9. The van der Waals surface area contributed by atoms with Crippen LogP contribution in [-0.4, -0.2) is 72.8 Å². The number of aliphatic hydroxyl groups is 1. The van der Waals surface area contributed by atoms with E-state index in [1.807, 2.05) is 38.2 Å². The molecule has 0 saturated heterocycles. The molecule has 42 heavy (non-hydrogen) atoms. The summed E-state index contributed by atoms with van der Waals surface area (Å²) in [5, 5.41) is 15.3. The van der Waals surface area contributed by atoms with Crippen LogP contribution in [0.25, 0.3) is 0 Å². The number of anilines is 2. The number of methoxy groups -OCH3 is 1. The Hall–Kier alpha value is -4.15. The number of likely N-dealkylation sites (N-methyl/N-ethyl adjacent to an activating group) is 1. The van der Waals surface area contributed by atoms with Crippen LogP contribution in [0.5, 0.6) is 11.5 Å². The minimum absolute atomic E-state index is 0.0356. The molecule has 4 rings (SSSR count). The van der Waals surface area contributed by atoms with Crippen molar-refractivity contribution in [3.8, 4) is 11.5 Å². The lowest BCUT2D eigenvalue weighted by molar-refractivity contribution is -0.134. The highest BCUT2D eigenvalue weighted by molar-refractivity contribution is 5.99. The van der Waals surface area contributed by atoms with E-state index in [0.717, 1.165) is 11.3 Å². The average molecular weight is 579 g/mol. The molecular formula is C32H39FN4O5. The fraction of sp³-hybridized carbons (Fsp3) is 0.375. The van der Waals surface area contributed by atoms with E-state index in [-0.39, 0.29) is 37.0 Å². The van der Waals surface area contributed by atoms with E-state index >= 15 is 0 Å². The predicted molar refractivity (Wildman–Crippen MR) is 160 cm³/mol. The van der Waals surface area contributed by atoms with E-state index in [0.29, 0.717) is 42.3 Å². The van der Waals surface area contributed by atoms with Gasteiger partial charge < -0.3 is 30.1 Å². The van der Waals surface area contributed by atoms with Gasteiger partial charge in [-0.05, 0) is 74.1 Å². The molecule has 3 aromatic carbocycles. The number of urea groups is 1. The number of benzene rings is 3. The first-order chi connectivity index (χ1) is 20.1. The Balaban J connectivity index is 1.54. The monoisotopic (exact) mass is 578 g/mol. The number of carbonyl (C=O) groups excluding carboxylic acids is 2. The summed E-state index contributed by atoms with van der Waals surface area (Å²) in [6.07, 6.45) is -0.206. The van der Waals surface area contributed by atoms with Gasteiger partial charge in [0.05, 0.1) is 26.2 Å². The minimum Gasteiger partial charge on any atom is -0.497 e. The number of hydrogen-bond acceptors (Lipinski definition) is 6. The van der Waals surface area contributed by atoms with Crippen molar-refractivity contribution in [2.45, 2.75) is 39.0 Å². The first-order valence-electron chi connectivity index (χ1n) is 14.0. The Morgan fingerprint density at radius 3 is 2.45 bits per heavy atom.